The molecule has 496 valence electrons. The number of anilines is 3. The summed E-state index contributed by atoms with van der Waals surface area (Å²) in [7, 11) is -1.58. The molecule has 0 radical (unpaired) electrons. The molecule has 0 saturated carbocycles. The van der Waals surface area contributed by atoms with Crippen molar-refractivity contribution in [3.05, 3.63) is 233 Å². The summed E-state index contributed by atoms with van der Waals surface area (Å²) in [5, 5.41) is 42.1. The Hall–Kier alpha value is -4.11. The van der Waals surface area contributed by atoms with Crippen LogP contribution < -0.4 is 41.6 Å². The van der Waals surface area contributed by atoms with E-state index in [2.05, 4.69) is 47.8 Å². The van der Waals surface area contributed by atoms with Gasteiger partial charge in [-0.1, -0.05) is 205 Å². The second kappa shape index (κ2) is 34.6. The van der Waals surface area contributed by atoms with Gasteiger partial charge < -0.3 is 60.8 Å². The van der Waals surface area contributed by atoms with Crippen molar-refractivity contribution in [1.29, 1.82) is 0 Å². The molecule has 1 aliphatic rings. The van der Waals surface area contributed by atoms with Crippen molar-refractivity contribution in [2.75, 3.05) is 17.2 Å². The van der Waals surface area contributed by atoms with E-state index in [1.165, 1.54) is 24.3 Å². The summed E-state index contributed by atoms with van der Waals surface area (Å²) in [6.45, 7) is 9.69. The number of hydrogen-bond acceptors (Lipinski definition) is 14. The monoisotopic (exact) mass is 1730 g/mol. The molecule has 0 aromatic heterocycles. The largest absolute Gasteiger partial charge is 0.505 e. The quantitative estimate of drug-likeness (QED) is 0.0306. The highest BCUT2D eigenvalue weighted by Gasteiger charge is 2.49. The molecule has 1 fully saturated rings. The number of phenols is 1. The van der Waals surface area contributed by atoms with Gasteiger partial charge >= 0.3 is 7.12 Å². The second-order valence-corrected chi connectivity index (χ2v) is 28.4. The van der Waals surface area contributed by atoms with Gasteiger partial charge in [-0.05, 0) is 143 Å². The zero-order valence-corrected chi connectivity index (χ0v) is 63.3. The third-order valence-corrected chi connectivity index (χ3v) is 18.1. The average Bonchev–Trinajstić information content (AvgIpc) is 1.62. The summed E-state index contributed by atoms with van der Waals surface area (Å²) in [4.78, 5) is 10.1. The topological polar surface area (TPSA) is 237 Å². The number of nitrogens with zero attached hydrogens (tertiary/aromatic N) is 1. The number of ether oxygens (including phenoxy) is 6. The number of nitro groups is 1. The number of nitrogen functional groups attached to an aromatic ring is 3. The van der Waals surface area contributed by atoms with E-state index >= 15 is 0 Å². The second-order valence-electron chi connectivity index (χ2n) is 20.4. The van der Waals surface area contributed by atoms with Crippen LogP contribution in [0, 0.1) is 17.0 Å². The molecule has 0 spiro atoms. The number of rotatable bonds is 11. The fourth-order valence-electron chi connectivity index (χ4n) is 7.50. The van der Waals surface area contributed by atoms with Gasteiger partial charge in [-0.3, -0.25) is 10.1 Å². The van der Waals surface area contributed by atoms with Gasteiger partial charge in [-0.15, -0.1) is 0 Å². The summed E-state index contributed by atoms with van der Waals surface area (Å²) in [5.41, 5.74) is 19.0. The molecule has 1 aliphatic heterocycles. The van der Waals surface area contributed by atoms with Gasteiger partial charge in [-0.25, -0.2) is 0 Å². The lowest BCUT2D eigenvalue weighted by Gasteiger charge is -2.30. The highest BCUT2D eigenvalue weighted by atomic mass is 79.9. The predicted octanol–water partition coefficient (Wildman–Crippen LogP) is 24.3. The molecule has 10 rings (SSSR count). The molecule has 0 amide bonds. The number of halogens is 16. The van der Waals surface area contributed by atoms with Crippen LogP contribution in [0.1, 0.15) is 45.1 Å². The number of benzene rings is 9. The molecule has 0 atom stereocenters. The fourth-order valence-corrected chi connectivity index (χ4v) is 12.9. The third-order valence-electron chi connectivity index (χ3n) is 12.9. The Morgan fingerprint density at radius 1 is 0.447 bits per heavy atom. The number of aromatic hydroxyl groups is 1. The van der Waals surface area contributed by atoms with Crippen molar-refractivity contribution in [2.45, 2.75) is 52.1 Å². The van der Waals surface area contributed by atoms with Gasteiger partial charge in [0.25, 0.3) is 5.69 Å². The van der Waals surface area contributed by atoms with Crippen LogP contribution in [0.2, 0.25) is 65.3 Å². The van der Waals surface area contributed by atoms with Crippen molar-refractivity contribution >= 4 is 234 Å². The number of phenolic OH excluding ortho intramolecular Hbond substituents is 1. The van der Waals surface area contributed by atoms with E-state index in [4.69, 9.17) is 212 Å². The van der Waals surface area contributed by atoms with Gasteiger partial charge in [0.1, 0.15) is 33.8 Å². The van der Waals surface area contributed by atoms with Gasteiger partial charge in [0.2, 0.25) is 0 Å². The van der Waals surface area contributed by atoms with Crippen LogP contribution in [-0.4, -0.2) is 38.4 Å². The minimum absolute atomic E-state index is 0.0307. The molecule has 0 unspecified atom stereocenters. The maximum absolute atomic E-state index is 10.7. The third kappa shape index (κ3) is 21.7. The SMILES string of the molecule is CC1(C)OC(c2cc(Cl)c(Oc3ccc(N)c(Cl)c3)c(Cl)c2)OC1(C)C.Cc1cc(B(O)O)cc(Cl)c1Oc1ccc(N)c(Cl)c1.Nc1ccc(Oc2c(Cl)cc(Br)cc2Cl)cc1Cl.O=[N+]([O-])c1ccc(Oc2c(Cl)cc(Br)cc2Cl)cc1Cl.Oc1c(Cl)cc(Br)cc1Cl. The van der Waals surface area contributed by atoms with Crippen LogP contribution in [0.4, 0.5) is 22.7 Å². The fraction of sp³-hybridized carbons (Fsp3) is 0.129. The van der Waals surface area contributed by atoms with Crippen LogP contribution in [-0.2, 0) is 9.47 Å². The van der Waals surface area contributed by atoms with E-state index < -0.39 is 29.5 Å². The molecule has 1 saturated heterocycles. The molecule has 94 heavy (non-hydrogen) atoms. The minimum Gasteiger partial charge on any atom is -0.505 e. The first kappa shape index (κ1) is 78.9. The van der Waals surface area contributed by atoms with Crippen molar-refractivity contribution in [1.82, 2.24) is 0 Å². The average molecular weight is 1740 g/mol. The molecule has 0 bridgehead atoms. The molecule has 15 nitrogen and oxygen atoms in total. The lowest BCUT2D eigenvalue weighted by Crippen LogP contribution is -2.41. The van der Waals surface area contributed by atoms with Crippen molar-refractivity contribution in [3.63, 3.8) is 0 Å². The number of nitrogens with two attached hydrogens (primary N) is 3. The summed E-state index contributed by atoms with van der Waals surface area (Å²) >= 11 is 87.5. The van der Waals surface area contributed by atoms with Crippen LogP contribution in [0.3, 0.4) is 0 Å². The van der Waals surface area contributed by atoms with Crippen LogP contribution >= 0.6 is 199 Å². The molecule has 32 heteroatoms. The maximum atomic E-state index is 10.7. The van der Waals surface area contributed by atoms with Crippen molar-refractivity contribution in [3.8, 4) is 51.7 Å². The predicted molar refractivity (Wildman–Crippen MR) is 396 cm³/mol. The Bertz CT molecular complexity index is 4150. The molecule has 9 aromatic rings. The Labute approximate surface area is 630 Å². The van der Waals surface area contributed by atoms with Crippen LogP contribution in [0.25, 0.3) is 0 Å². The minimum atomic E-state index is -1.58. The van der Waals surface area contributed by atoms with Crippen molar-refractivity contribution in [2.24, 2.45) is 0 Å². The van der Waals surface area contributed by atoms with Gasteiger partial charge in [0.05, 0.1) is 93.5 Å². The van der Waals surface area contributed by atoms with E-state index in [9.17, 15) is 10.1 Å². The zero-order valence-electron chi connectivity index (χ0n) is 48.7. The van der Waals surface area contributed by atoms with Gasteiger partial charge in [0.15, 0.2) is 29.3 Å². The summed E-state index contributed by atoms with van der Waals surface area (Å²) < 4.78 is 36.9. The van der Waals surface area contributed by atoms with E-state index in [0.29, 0.717) is 118 Å². The van der Waals surface area contributed by atoms with E-state index in [0.717, 1.165) is 14.5 Å². The molecule has 9 aromatic carbocycles. The maximum Gasteiger partial charge on any atom is 0.488 e. The van der Waals surface area contributed by atoms with E-state index in [1.807, 2.05) is 27.7 Å². The van der Waals surface area contributed by atoms with Crippen LogP contribution in [0.5, 0.6) is 51.7 Å². The van der Waals surface area contributed by atoms with Crippen LogP contribution in [0.15, 0.2) is 147 Å². The highest BCUT2D eigenvalue weighted by Crippen LogP contribution is 2.49. The smallest absolute Gasteiger partial charge is 0.488 e. The summed E-state index contributed by atoms with van der Waals surface area (Å²) in [5.74, 6) is 3.09. The standard InChI is InChI=1S/C19H20Cl3NO3.C13H12BCl2NO3.C12H5BrCl3NO3.C12H7BrCl3NO.C6H3BrCl2O/c1-18(2)19(3,4)26-17(25-18)10-7-13(21)16(14(22)8-10)24-11-5-6-15(23)12(20)9-11;1-7-4-8(14(18)19)5-11(16)13(7)20-9-2-3-12(17)10(15)6-9;13-6-3-9(15)12(10(16)4-6)20-7-1-2-11(17(18)19)8(14)5-7;13-6-3-9(15)12(10(16)4-6)18-7-1-2-11(17)8(14)5-7;7-3-1-4(8)6(10)5(9)2-3/h5-9,17H,23H2,1-4H3;2-6,18-19H,17H2,1H3;1-5H;1-5H,17H2;1-2,10H. The Kier molecular flexibility index (Phi) is 29.0. The number of hydrogen-bond donors (Lipinski definition) is 6. The molecule has 0 aliphatic carbocycles. The number of nitro benzene ring substituents is 1. The lowest BCUT2D eigenvalue weighted by molar-refractivity contribution is -0.384. The highest BCUT2D eigenvalue weighted by molar-refractivity contribution is 9.11. The van der Waals surface area contributed by atoms with Crippen molar-refractivity contribution < 1.29 is 48.5 Å². The van der Waals surface area contributed by atoms with Gasteiger partial charge in [0, 0.05) is 49.3 Å². The first-order chi connectivity index (χ1) is 43.8. The zero-order chi connectivity index (χ0) is 70.0. The Morgan fingerprint density at radius 2 is 0.745 bits per heavy atom. The molecular weight excluding hydrogens is 1690 g/mol. The first-order valence-electron chi connectivity index (χ1n) is 26.3. The van der Waals surface area contributed by atoms with E-state index in [-0.39, 0.29) is 37.3 Å². The molecule has 1 heterocycles. The normalized spacial score (nSPS) is 12.7. The molecular formula is C62H47BBr3Cl13N4O11. The van der Waals surface area contributed by atoms with Gasteiger partial charge in [-0.2, -0.15) is 0 Å². The molecule has 9 N–H and O–H groups in total. The lowest BCUT2D eigenvalue weighted by atomic mass is 9.79. The Balaban J connectivity index is 0.000000191. The summed E-state index contributed by atoms with van der Waals surface area (Å²) in [6, 6.07) is 35.0. The van der Waals surface area contributed by atoms with E-state index in [1.54, 1.807) is 116 Å². The number of aryl methyl sites for hydroxylation is 1. The summed E-state index contributed by atoms with van der Waals surface area (Å²) in [6.07, 6.45) is -0.560. The first-order valence-corrected chi connectivity index (χ1v) is 33.6. The Morgan fingerprint density at radius 3 is 1.05 bits per heavy atom.